The third kappa shape index (κ3) is 2.55. The largest absolute Gasteiger partial charge is 0.512 e. The minimum absolute atomic E-state index is 0.160. The van der Waals surface area contributed by atoms with Gasteiger partial charge >= 0.3 is 6.16 Å². The van der Waals surface area contributed by atoms with Crippen molar-refractivity contribution in [2.75, 3.05) is 13.2 Å². The molecule has 17 heavy (non-hydrogen) atoms. The van der Waals surface area contributed by atoms with Gasteiger partial charge in [0.2, 0.25) is 5.88 Å². The second-order valence-corrected chi connectivity index (χ2v) is 4.44. The number of ether oxygens (including phenoxy) is 2. The summed E-state index contributed by atoms with van der Waals surface area (Å²) in [5.74, 6) is 0.160. The molecular formula is C12H15NO4. The zero-order valence-corrected chi connectivity index (χ0v) is 9.68. The van der Waals surface area contributed by atoms with Gasteiger partial charge in [-0.3, -0.25) is 0 Å². The number of pyridine rings is 1. The summed E-state index contributed by atoms with van der Waals surface area (Å²) in [6.45, 7) is 3.36. The maximum Gasteiger partial charge on any atom is 0.512 e. The Morgan fingerprint density at radius 2 is 2.47 bits per heavy atom. The van der Waals surface area contributed by atoms with Crippen LogP contribution in [-0.2, 0) is 10.2 Å². The number of nitrogens with zero attached hydrogens (tertiary/aromatic N) is 1. The van der Waals surface area contributed by atoms with Gasteiger partial charge in [0.15, 0.2) is 0 Å². The lowest BCUT2D eigenvalue weighted by Gasteiger charge is -2.34. The van der Waals surface area contributed by atoms with Crippen molar-refractivity contribution in [1.82, 2.24) is 4.98 Å². The molecule has 92 valence electrons. The van der Waals surface area contributed by atoms with Crippen molar-refractivity contribution in [3.63, 3.8) is 0 Å². The molecule has 0 spiro atoms. The van der Waals surface area contributed by atoms with Gasteiger partial charge in [-0.2, -0.15) is 0 Å². The molecule has 1 N–H and O–H groups in total. The maximum absolute atomic E-state index is 10.6. The fourth-order valence-corrected chi connectivity index (χ4v) is 2.16. The highest BCUT2D eigenvalue weighted by molar-refractivity contribution is 5.61. The Kier molecular flexibility index (Phi) is 3.28. The highest BCUT2D eigenvalue weighted by Gasteiger charge is 2.33. The minimum atomic E-state index is -1.34. The summed E-state index contributed by atoms with van der Waals surface area (Å²) < 4.78 is 10.2. The van der Waals surface area contributed by atoms with Crippen molar-refractivity contribution in [3.8, 4) is 5.88 Å². The molecule has 1 aliphatic heterocycles. The summed E-state index contributed by atoms with van der Waals surface area (Å²) in [4.78, 5) is 14.6. The second kappa shape index (κ2) is 4.71. The van der Waals surface area contributed by atoms with E-state index in [9.17, 15) is 4.79 Å². The minimum Gasteiger partial charge on any atom is -0.449 e. The van der Waals surface area contributed by atoms with Crippen molar-refractivity contribution in [2.45, 2.75) is 25.2 Å². The number of carboxylic acid groups (broad SMARTS) is 1. The monoisotopic (exact) mass is 237 g/mol. The zero-order chi connectivity index (χ0) is 12.3. The van der Waals surface area contributed by atoms with Crippen LogP contribution in [0.15, 0.2) is 18.3 Å². The highest BCUT2D eigenvalue weighted by atomic mass is 16.7. The van der Waals surface area contributed by atoms with E-state index in [0.29, 0.717) is 6.61 Å². The van der Waals surface area contributed by atoms with E-state index in [0.717, 1.165) is 25.0 Å². The zero-order valence-electron chi connectivity index (χ0n) is 9.68. The molecule has 1 aromatic rings. The summed E-state index contributed by atoms with van der Waals surface area (Å²) in [5.41, 5.74) is 0.569. The summed E-state index contributed by atoms with van der Waals surface area (Å²) in [6, 6.07) is 3.63. The molecule has 1 atom stereocenters. The molecule has 0 aromatic carbocycles. The SMILES string of the molecule is CC1(c2cccnc2OC(=O)O)CCCOC1. The molecule has 0 aliphatic carbocycles. The smallest absolute Gasteiger partial charge is 0.449 e. The van der Waals surface area contributed by atoms with Gasteiger partial charge in [0.1, 0.15) is 0 Å². The fraction of sp³-hybridized carbons (Fsp3) is 0.500. The van der Waals surface area contributed by atoms with Gasteiger partial charge in [0, 0.05) is 23.8 Å². The van der Waals surface area contributed by atoms with Crippen molar-refractivity contribution in [2.24, 2.45) is 0 Å². The predicted molar refractivity (Wildman–Crippen MR) is 60.3 cm³/mol. The van der Waals surface area contributed by atoms with Crippen LogP contribution in [-0.4, -0.2) is 29.5 Å². The van der Waals surface area contributed by atoms with Gasteiger partial charge in [-0.15, -0.1) is 0 Å². The average Bonchev–Trinajstić information content (AvgIpc) is 2.30. The molecule has 1 saturated heterocycles. The summed E-state index contributed by atoms with van der Waals surface area (Å²) in [6.07, 6.45) is 2.08. The van der Waals surface area contributed by atoms with Gasteiger partial charge in [-0.1, -0.05) is 13.0 Å². The number of hydrogen-bond donors (Lipinski definition) is 1. The Morgan fingerprint density at radius 3 is 3.12 bits per heavy atom. The number of aromatic nitrogens is 1. The molecular weight excluding hydrogens is 222 g/mol. The Labute approximate surface area is 99.4 Å². The van der Waals surface area contributed by atoms with Crippen LogP contribution in [0.3, 0.4) is 0 Å². The molecule has 0 amide bonds. The van der Waals surface area contributed by atoms with Crippen LogP contribution in [0.25, 0.3) is 0 Å². The molecule has 0 saturated carbocycles. The molecule has 0 bridgehead atoms. The van der Waals surface area contributed by atoms with Crippen LogP contribution in [0.1, 0.15) is 25.3 Å². The van der Waals surface area contributed by atoms with Crippen LogP contribution in [0, 0.1) is 0 Å². The molecule has 2 rings (SSSR count). The van der Waals surface area contributed by atoms with E-state index < -0.39 is 6.16 Å². The molecule has 5 heteroatoms. The highest BCUT2D eigenvalue weighted by Crippen LogP contribution is 2.36. The lowest BCUT2D eigenvalue weighted by atomic mass is 9.78. The normalized spacial score (nSPS) is 24.3. The van der Waals surface area contributed by atoms with E-state index in [1.165, 1.54) is 6.20 Å². The summed E-state index contributed by atoms with van der Waals surface area (Å²) in [5, 5.41) is 8.68. The van der Waals surface area contributed by atoms with Crippen LogP contribution < -0.4 is 4.74 Å². The summed E-state index contributed by atoms with van der Waals surface area (Å²) >= 11 is 0. The first-order valence-electron chi connectivity index (χ1n) is 5.56. The molecule has 1 fully saturated rings. The first-order valence-corrected chi connectivity index (χ1v) is 5.56. The van der Waals surface area contributed by atoms with E-state index in [1.54, 1.807) is 6.07 Å². The summed E-state index contributed by atoms with van der Waals surface area (Å²) in [7, 11) is 0. The van der Waals surface area contributed by atoms with Gasteiger partial charge in [-0.05, 0) is 18.9 Å². The van der Waals surface area contributed by atoms with Crippen LogP contribution in [0.5, 0.6) is 5.88 Å². The van der Waals surface area contributed by atoms with Crippen LogP contribution >= 0.6 is 0 Å². The average molecular weight is 237 g/mol. The van der Waals surface area contributed by atoms with Crippen LogP contribution in [0.4, 0.5) is 4.79 Å². The molecule has 1 unspecified atom stereocenters. The molecule has 2 heterocycles. The van der Waals surface area contributed by atoms with Gasteiger partial charge in [-0.25, -0.2) is 9.78 Å². The van der Waals surface area contributed by atoms with E-state index in [1.807, 2.05) is 13.0 Å². The van der Waals surface area contributed by atoms with E-state index in [4.69, 9.17) is 14.6 Å². The Balaban J connectivity index is 2.32. The third-order valence-corrected chi connectivity index (χ3v) is 3.04. The van der Waals surface area contributed by atoms with Gasteiger partial charge < -0.3 is 14.6 Å². The Morgan fingerprint density at radius 1 is 1.65 bits per heavy atom. The number of hydrogen-bond acceptors (Lipinski definition) is 4. The van der Waals surface area contributed by atoms with E-state index in [-0.39, 0.29) is 11.3 Å². The quantitative estimate of drug-likeness (QED) is 0.798. The molecule has 1 aliphatic rings. The van der Waals surface area contributed by atoms with Crippen molar-refractivity contribution in [1.29, 1.82) is 0 Å². The molecule has 1 aromatic heterocycles. The third-order valence-electron chi connectivity index (χ3n) is 3.04. The second-order valence-electron chi connectivity index (χ2n) is 4.44. The first kappa shape index (κ1) is 11.9. The lowest BCUT2D eigenvalue weighted by molar-refractivity contribution is 0.0404. The van der Waals surface area contributed by atoms with Crippen molar-refractivity contribution >= 4 is 6.16 Å². The van der Waals surface area contributed by atoms with E-state index in [2.05, 4.69) is 4.98 Å². The predicted octanol–water partition coefficient (Wildman–Crippen LogP) is 2.21. The number of carbonyl (C=O) groups is 1. The lowest BCUT2D eigenvalue weighted by Crippen LogP contribution is -2.33. The first-order chi connectivity index (χ1) is 8.12. The van der Waals surface area contributed by atoms with Crippen LogP contribution in [0.2, 0.25) is 0 Å². The Bertz CT molecular complexity index is 413. The standard InChI is InChI=1S/C12H15NO4/c1-12(5-3-7-16-8-12)9-4-2-6-13-10(9)17-11(14)15/h2,4,6H,3,5,7-8H2,1H3,(H,14,15). The van der Waals surface area contributed by atoms with Crippen molar-refractivity contribution in [3.05, 3.63) is 23.9 Å². The molecule has 0 radical (unpaired) electrons. The number of rotatable bonds is 2. The van der Waals surface area contributed by atoms with E-state index >= 15 is 0 Å². The Hall–Kier alpha value is -1.62. The topological polar surface area (TPSA) is 68.7 Å². The molecule has 5 nitrogen and oxygen atoms in total. The van der Waals surface area contributed by atoms with Crippen molar-refractivity contribution < 1.29 is 19.4 Å². The maximum atomic E-state index is 10.6. The fourth-order valence-electron chi connectivity index (χ4n) is 2.16. The van der Waals surface area contributed by atoms with Gasteiger partial charge in [0.05, 0.1) is 6.61 Å². The van der Waals surface area contributed by atoms with Gasteiger partial charge in [0.25, 0.3) is 0 Å².